The van der Waals surface area contributed by atoms with Gasteiger partial charge >= 0.3 is 0 Å². The van der Waals surface area contributed by atoms with Gasteiger partial charge in [-0.1, -0.05) is 29.8 Å². The molecule has 142 valence electrons. The van der Waals surface area contributed by atoms with E-state index < -0.39 is 0 Å². The molecule has 0 aliphatic carbocycles. The van der Waals surface area contributed by atoms with Crippen molar-refractivity contribution in [3.63, 3.8) is 0 Å². The van der Waals surface area contributed by atoms with Gasteiger partial charge in [-0.3, -0.25) is 9.59 Å². The van der Waals surface area contributed by atoms with Crippen LogP contribution in [0.3, 0.4) is 0 Å². The Hall–Kier alpha value is -2.63. The van der Waals surface area contributed by atoms with Gasteiger partial charge in [0.05, 0.1) is 17.0 Å². The molecule has 0 saturated carbocycles. The molecule has 4 rings (SSSR count). The smallest absolute Gasteiger partial charge is 0.257 e. The molecule has 1 aliphatic heterocycles. The van der Waals surface area contributed by atoms with Crippen LogP contribution in [0.4, 0.5) is 5.69 Å². The number of fused-ring (bicyclic) bond motifs is 1. The van der Waals surface area contributed by atoms with Gasteiger partial charge in [0.2, 0.25) is 5.91 Å². The number of hydrogen-bond acceptors (Lipinski definition) is 3. The minimum absolute atomic E-state index is 0.134. The van der Waals surface area contributed by atoms with E-state index in [1.165, 1.54) is 5.56 Å². The zero-order valence-corrected chi connectivity index (χ0v) is 16.7. The molecule has 2 heterocycles. The number of carbonyl (C=O) groups excluding carboxylic acids is 2. The molecule has 0 unspecified atom stereocenters. The van der Waals surface area contributed by atoms with Crippen LogP contribution in [0.5, 0.6) is 0 Å². The fourth-order valence-corrected chi connectivity index (χ4v) is 4.26. The average Bonchev–Trinajstić information content (AvgIpc) is 3.20. The highest BCUT2D eigenvalue weighted by molar-refractivity contribution is 7.08. The number of nitrogens with one attached hydrogen (secondary N) is 1. The quantitative estimate of drug-likeness (QED) is 0.672. The molecule has 4 nitrogen and oxygen atoms in total. The van der Waals surface area contributed by atoms with Gasteiger partial charge in [-0.2, -0.15) is 11.3 Å². The normalized spacial score (nSPS) is 13.1. The number of hydrogen-bond donors (Lipinski definition) is 1. The second kappa shape index (κ2) is 8.17. The number of halogens is 1. The molecule has 28 heavy (non-hydrogen) atoms. The number of benzene rings is 2. The first-order valence-corrected chi connectivity index (χ1v) is 10.4. The van der Waals surface area contributed by atoms with Crippen molar-refractivity contribution < 1.29 is 9.59 Å². The SMILES string of the molecule is O=C(Nc1ccc2c(c1)CN(C(=O)Cc1ccsc1)CC2)c1ccccc1Cl. The lowest BCUT2D eigenvalue weighted by atomic mass is 9.98. The summed E-state index contributed by atoms with van der Waals surface area (Å²) in [6.45, 7) is 1.29. The average molecular weight is 411 g/mol. The molecule has 0 fully saturated rings. The largest absolute Gasteiger partial charge is 0.338 e. The van der Waals surface area contributed by atoms with E-state index in [2.05, 4.69) is 5.32 Å². The van der Waals surface area contributed by atoms with Crippen molar-refractivity contribution in [3.05, 3.63) is 86.6 Å². The topological polar surface area (TPSA) is 49.4 Å². The maximum Gasteiger partial charge on any atom is 0.257 e. The molecule has 0 bridgehead atoms. The Morgan fingerprint density at radius 1 is 1.11 bits per heavy atom. The zero-order valence-electron chi connectivity index (χ0n) is 15.2. The summed E-state index contributed by atoms with van der Waals surface area (Å²) in [5.74, 6) is -0.110. The van der Waals surface area contributed by atoms with Crippen LogP contribution in [0.25, 0.3) is 0 Å². The van der Waals surface area contributed by atoms with Gasteiger partial charge in [0.1, 0.15) is 0 Å². The molecular weight excluding hydrogens is 392 g/mol. The molecule has 0 radical (unpaired) electrons. The predicted octanol–water partition coefficient (Wildman–Crippen LogP) is 4.78. The molecule has 3 aromatic rings. The van der Waals surface area contributed by atoms with Crippen LogP contribution in [0.2, 0.25) is 5.02 Å². The van der Waals surface area contributed by atoms with Crippen LogP contribution < -0.4 is 5.32 Å². The highest BCUT2D eigenvalue weighted by Gasteiger charge is 2.21. The summed E-state index contributed by atoms with van der Waals surface area (Å²) in [6, 6.07) is 14.8. The van der Waals surface area contributed by atoms with Crippen molar-refractivity contribution in [2.75, 3.05) is 11.9 Å². The van der Waals surface area contributed by atoms with Crippen molar-refractivity contribution >= 4 is 40.4 Å². The summed E-state index contributed by atoms with van der Waals surface area (Å²) >= 11 is 7.71. The molecule has 0 spiro atoms. The summed E-state index contributed by atoms with van der Waals surface area (Å²) in [4.78, 5) is 27.0. The number of thiophene rings is 1. The van der Waals surface area contributed by atoms with Crippen LogP contribution in [-0.4, -0.2) is 23.3 Å². The highest BCUT2D eigenvalue weighted by Crippen LogP contribution is 2.24. The van der Waals surface area contributed by atoms with Gasteiger partial charge in [-0.15, -0.1) is 0 Å². The third-order valence-corrected chi connectivity index (χ3v) is 5.94. The van der Waals surface area contributed by atoms with E-state index in [1.807, 2.05) is 39.9 Å². The molecule has 2 aromatic carbocycles. The minimum atomic E-state index is -0.244. The van der Waals surface area contributed by atoms with Crippen molar-refractivity contribution in [1.82, 2.24) is 4.90 Å². The van der Waals surface area contributed by atoms with E-state index in [0.29, 0.717) is 29.2 Å². The van der Waals surface area contributed by atoms with Gasteiger partial charge in [-0.05, 0) is 64.2 Å². The Morgan fingerprint density at radius 3 is 2.75 bits per heavy atom. The lowest BCUT2D eigenvalue weighted by Crippen LogP contribution is -2.36. The van der Waals surface area contributed by atoms with Gasteiger partial charge in [0.25, 0.3) is 5.91 Å². The summed E-state index contributed by atoms with van der Waals surface area (Å²) in [7, 11) is 0. The Labute approximate surface area is 172 Å². The summed E-state index contributed by atoms with van der Waals surface area (Å²) in [5, 5.41) is 7.32. The Bertz CT molecular complexity index is 1020. The van der Waals surface area contributed by atoms with Crippen LogP contribution in [0, 0.1) is 0 Å². The predicted molar refractivity (Wildman–Crippen MR) is 113 cm³/mol. The summed E-state index contributed by atoms with van der Waals surface area (Å²) in [5.41, 5.74) is 4.49. The maximum absolute atomic E-state index is 12.6. The molecular formula is C22H19ClN2O2S. The van der Waals surface area contributed by atoms with Crippen LogP contribution in [-0.2, 0) is 24.2 Å². The van der Waals surface area contributed by atoms with E-state index >= 15 is 0 Å². The van der Waals surface area contributed by atoms with Crippen molar-refractivity contribution in [1.29, 1.82) is 0 Å². The van der Waals surface area contributed by atoms with Gasteiger partial charge in [0.15, 0.2) is 0 Å². The Balaban J connectivity index is 1.47. The number of nitrogens with zero attached hydrogens (tertiary/aromatic N) is 1. The lowest BCUT2D eigenvalue weighted by molar-refractivity contribution is -0.131. The monoisotopic (exact) mass is 410 g/mol. The Morgan fingerprint density at radius 2 is 1.96 bits per heavy atom. The third kappa shape index (κ3) is 4.11. The first kappa shape index (κ1) is 18.7. The summed E-state index contributed by atoms with van der Waals surface area (Å²) < 4.78 is 0. The van der Waals surface area contributed by atoms with Gasteiger partial charge in [0, 0.05) is 18.8 Å². The van der Waals surface area contributed by atoms with E-state index in [-0.39, 0.29) is 11.8 Å². The highest BCUT2D eigenvalue weighted by atomic mass is 35.5. The van der Waals surface area contributed by atoms with Crippen LogP contribution in [0.1, 0.15) is 27.0 Å². The molecule has 1 aliphatic rings. The Kier molecular flexibility index (Phi) is 5.46. The molecule has 0 atom stereocenters. The van der Waals surface area contributed by atoms with Crippen molar-refractivity contribution in [2.45, 2.75) is 19.4 Å². The zero-order chi connectivity index (χ0) is 19.5. The van der Waals surface area contributed by atoms with Gasteiger partial charge in [-0.25, -0.2) is 0 Å². The van der Waals surface area contributed by atoms with Crippen LogP contribution in [0.15, 0.2) is 59.3 Å². The second-order valence-electron chi connectivity index (χ2n) is 6.79. The first-order chi connectivity index (χ1) is 13.6. The third-order valence-electron chi connectivity index (χ3n) is 4.88. The number of anilines is 1. The van der Waals surface area contributed by atoms with E-state index in [1.54, 1.807) is 35.6 Å². The van der Waals surface area contributed by atoms with Crippen LogP contribution >= 0.6 is 22.9 Å². The van der Waals surface area contributed by atoms with Gasteiger partial charge < -0.3 is 10.2 Å². The van der Waals surface area contributed by atoms with E-state index in [0.717, 1.165) is 24.1 Å². The molecule has 6 heteroatoms. The minimum Gasteiger partial charge on any atom is -0.338 e. The standard InChI is InChI=1S/C22H19ClN2O2S/c23-20-4-2-1-3-19(20)22(27)24-18-6-5-16-7-9-25(13-17(16)12-18)21(26)11-15-8-10-28-14-15/h1-6,8,10,12,14H,7,9,11,13H2,(H,24,27). The number of carbonyl (C=O) groups is 2. The molecule has 1 aromatic heterocycles. The fourth-order valence-electron chi connectivity index (χ4n) is 3.37. The van der Waals surface area contributed by atoms with Crippen molar-refractivity contribution in [3.8, 4) is 0 Å². The van der Waals surface area contributed by atoms with Crippen molar-refractivity contribution in [2.24, 2.45) is 0 Å². The van der Waals surface area contributed by atoms with E-state index in [9.17, 15) is 9.59 Å². The summed E-state index contributed by atoms with van der Waals surface area (Å²) in [6.07, 6.45) is 1.26. The first-order valence-electron chi connectivity index (χ1n) is 9.06. The lowest BCUT2D eigenvalue weighted by Gasteiger charge is -2.29. The molecule has 2 amide bonds. The fraction of sp³-hybridized carbons (Fsp3) is 0.182. The van der Waals surface area contributed by atoms with E-state index in [4.69, 9.17) is 11.6 Å². The maximum atomic E-state index is 12.6. The number of rotatable bonds is 4. The number of amides is 2. The molecule has 0 saturated heterocycles. The second-order valence-corrected chi connectivity index (χ2v) is 7.98. The molecule has 1 N–H and O–H groups in total.